The Morgan fingerprint density at radius 3 is 1.66 bits per heavy atom. The van der Waals surface area contributed by atoms with E-state index in [4.69, 9.17) is 4.74 Å². The zero-order valence-corrected chi connectivity index (χ0v) is 16.1. The Hall–Kier alpha value is -2.25. The molecule has 0 aliphatic carbocycles. The second-order valence-electron chi connectivity index (χ2n) is 6.72. The molecule has 29 heavy (non-hydrogen) atoms. The number of hydrogen-bond donors (Lipinski definition) is 3. The van der Waals surface area contributed by atoms with E-state index in [9.17, 15) is 40.7 Å². The van der Waals surface area contributed by atoms with Crippen molar-refractivity contribution in [3.05, 3.63) is 0 Å². The van der Waals surface area contributed by atoms with E-state index in [0.717, 1.165) is 4.90 Å². The second-order valence-corrected chi connectivity index (χ2v) is 6.72. The van der Waals surface area contributed by atoms with Gasteiger partial charge in [0.05, 0.1) is 0 Å². The topological polar surface area (TPSA) is 99.8 Å². The van der Waals surface area contributed by atoms with Gasteiger partial charge in [0.15, 0.2) is 0 Å². The molecule has 0 aliphatic rings. The van der Waals surface area contributed by atoms with Gasteiger partial charge in [-0.2, -0.15) is 26.3 Å². The molecular weight excluding hydrogens is 414 g/mol. The molecule has 0 bridgehead atoms. The SMILES string of the molecule is CC(C)(C)OC(=O)N(CCNCCNC(=O)C(F)(F)F)CCNC(=O)C(F)(F)F. The molecule has 0 fully saturated rings. The maximum absolute atomic E-state index is 12.2. The molecule has 0 atom stereocenters. The largest absolute Gasteiger partial charge is 0.471 e. The Balaban J connectivity index is 4.47. The third-order valence-electron chi connectivity index (χ3n) is 2.98. The van der Waals surface area contributed by atoms with Crippen LogP contribution in [0, 0.1) is 0 Å². The number of nitrogens with zero attached hydrogens (tertiary/aromatic N) is 1. The molecule has 0 saturated carbocycles. The van der Waals surface area contributed by atoms with Crippen molar-refractivity contribution in [2.24, 2.45) is 0 Å². The van der Waals surface area contributed by atoms with E-state index < -0.39 is 42.4 Å². The van der Waals surface area contributed by atoms with Crippen molar-refractivity contribution >= 4 is 17.9 Å². The lowest BCUT2D eigenvalue weighted by molar-refractivity contribution is -0.173. The number of ether oxygens (including phenoxy) is 1. The summed E-state index contributed by atoms with van der Waals surface area (Å²) < 4.78 is 77.7. The van der Waals surface area contributed by atoms with Gasteiger partial charge in [-0.15, -0.1) is 0 Å². The first-order valence-electron chi connectivity index (χ1n) is 8.42. The van der Waals surface area contributed by atoms with Crippen LogP contribution < -0.4 is 16.0 Å². The van der Waals surface area contributed by atoms with Crippen LogP contribution in [0.4, 0.5) is 31.1 Å². The van der Waals surface area contributed by atoms with E-state index in [1.807, 2.05) is 0 Å². The molecule has 0 aliphatic heterocycles. The van der Waals surface area contributed by atoms with Gasteiger partial charge >= 0.3 is 30.3 Å². The van der Waals surface area contributed by atoms with Gasteiger partial charge in [0.2, 0.25) is 0 Å². The molecule has 14 heteroatoms. The highest BCUT2D eigenvalue weighted by Gasteiger charge is 2.39. The van der Waals surface area contributed by atoms with Crippen molar-refractivity contribution in [1.29, 1.82) is 0 Å². The monoisotopic (exact) mass is 438 g/mol. The van der Waals surface area contributed by atoms with Crippen molar-refractivity contribution in [2.75, 3.05) is 39.3 Å². The van der Waals surface area contributed by atoms with Crippen LogP contribution >= 0.6 is 0 Å². The minimum atomic E-state index is -5.06. The van der Waals surface area contributed by atoms with Gasteiger partial charge in [-0.3, -0.25) is 9.59 Å². The fourth-order valence-corrected chi connectivity index (χ4v) is 1.73. The van der Waals surface area contributed by atoms with E-state index in [-0.39, 0.29) is 32.7 Å². The molecule has 0 spiro atoms. The summed E-state index contributed by atoms with van der Waals surface area (Å²) in [6, 6.07) is 0. The predicted molar refractivity (Wildman–Crippen MR) is 88.8 cm³/mol. The van der Waals surface area contributed by atoms with Crippen molar-refractivity contribution in [1.82, 2.24) is 20.9 Å². The number of amides is 3. The zero-order chi connectivity index (χ0) is 22.9. The van der Waals surface area contributed by atoms with Crippen LogP contribution in [0.2, 0.25) is 0 Å². The quantitative estimate of drug-likeness (QED) is 0.371. The van der Waals surface area contributed by atoms with E-state index in [1.165, 1.54) is 0 Å². The smallest absolute Gasteiger partial charge is 0.444 e. The minimum absolute atomic E-state index is 0.0468. The van der Waals surface area contributed by atoms with E-state index >= 15 is 0 Å². The van der Waals surface area contributed by atoms with E-state index in [1.54, 1.807) is 31.4 Å². The average Bonchev–Trinajstić information content (AvgIpc) is 2.52. The Labute approximate surface area is 163 Å². The summed E-state index contributed by atoms with van der Waals surface area (Å²) in [4.78, 5) is 34.6. The molecule has 0 aromatic rings. The number of hydrogen-bond acceptors (Lipinski definition) is 5. The summed E-state index contributed by atoms with van der Waals surface area (Å²) >= 11 is 0. The molecule has 0 rings (SSSR count). The maximum atomic E-state index is 12.2. The number of carbonyl (C=O) groups is 3. The molecule has 3 N–H and O–H groups in total. The van der Waals surface area contributed by atoms with Gasteiger partial charge in [0, 0.05) is 39.3 Å². The molecule has 0 saturated heterocycles. The summed E-state index contributed by atoms with van der Waals surface area (Å²) in [5.74, 6) is -4.24. The predicted octanol–water partition coefficient (Wildman–Crippen LogP) is 1.17. The first kappa shape index (κ1) is 26.8. The van der Waals surface area contributed by atoms with Gasteiger partial charge in [-0.25, -0.2) is 4.79 Å². The van der Waals surface area contributed by atoms with Gasteiger partial charge in [-0.05, 0) is 20.8 Å². The van der Waals surface area contributed by atoms with Crippen LogP contribution in [0.15, 0.2) is 0 Å². The summed E-state index contributed by atoms with van der Waals surface area (Å²) in [5, 5.41) is 5.92. The lowest BCUT2D eigenvalue weighted by Crippen LogP contribution is -2.46. The maximum Gasteiger partial charge on any atom is 0.471 e. The zero-order valence-electron chi connectivity index (χ0n) is 16.1. The number of rotatable bonds is 9. The number of halogens is 6. The highest BCUT2D eigenvalue weighted by atomic mass is 19.4. The van der Waals surface area contributed by atoms with Crippen LogP contribution in [0.3, 0.4) is 0 Å². The first-order valence-corrected chi connectivity index (χ1v) is 8.42. The fourth-order valence-electron chi connectivity index (χ4n) is 1.73. The minimum Gasteiger partial charge on any atom is -0.444 e. The molecule has 0 heterocycles. The lowest BCUT2D eigenvalue weighted by atomic mass is 10.2. The van der Waals surface area contributed by atoms with Gasteiger partial charge < -0.3 is 25.6 Å². The number of carbonyl (C=O) groups excluding carboxylic acids is 3. The van der Waals surface area contributed by atoms with Crippen molar-refractivity contribution in [3.63, 3.8) is 0 Å². The Morgan fingerprint density at radius 1 is 0.759 bits per heavy atom. The second kappa shape index (κ2) is 11.1. The summed E-state index contributed by atoms with van der Waals surface area (Å²) in [7, 11) is 0. The van der Waals surface area contributed by atoms with E-state index in [2.05, 4.69) is 5.32 Å². The van der Waals surface area contributed by atoms with Crippen molar-refractivity contribution < 1.29 is 45.5 Å². The summed E-state index contributed by atoms with van der Waals surface area (Å²) in [6.45, 7) is 3.57. The Morgan fingerprint density at radius 2 is 1.21 bits per heavy atom. The van der Waals surface area contributed by atoms with Gasteiger partial charge in [-0.1, -0.05) is 0 Å². The standard InChI is InChI=1S/C15H24F6N4O4/c1-13(2,3)29-12(28)25(9-7-24-11(27)15(19,20)21)8-6-22-4-5-23-10(26)14(16,17)18/h22H,4-9H2,1-3H3,(H,23,26)(H,24,27). The molecule has 0 aromatic heterocycles. The molecular formula is C15H24F6N4O4. The Kier molecular flexibility index (Phi) is 10.2. The summed E-state index contributed by atoms with van der Waals surface area (Å²) in [6.07, 6.45) is -10.9. The van der Waals surface area contributed by atoms with Crippen LogP contribution in [0.5, 0.6) is 0 Å². The average molecular weight is 438 g/mol. The normalized spacial score (nSPS) is 12.3. The van der Waals surface area contributed by atoms with E-state index in [0.29, 0.717) is 0 Å². The highest BCUT2D eigenvalue weighted by Crippen LogP contribution is 2.14. The summed E-state index contributed by atoms with van der Waals surface area (Å²) in [5.41, 5.74) is -0.875. The van der Waals surface area contributed by atoms with Crippen LogP contribution in [-0.4, -0.2) is 80.0 Å². The third-order valence-corrected chi connectivity index (χ3v) is 2.98. The number of nitrogens with one attached hydrogen (secondary N) is 3. The van der Waals surface area contributed by atoms with Gasteiger partial charge in [0.25, 0.3) is 0 Å². The molecule has 3 amide bonds. The van der Waals surface area contributed by atoms with Crippen LogP contribution in [-0.2, 0) is 14.3 Å². The fraction of sp³-hybridized carbons (Fsp3) is 0.800. The van der Waals surface area contributed by atoms with Crippen molar-refractivity contribution in [3.8, 4) is 0 Å². The molecule has 0 radical (unpaired) electrons. The first-order chi connectivity index (χ1) is 13.0. The van der Waals surface area contributed by atoms with Gasteiger partial charge in [0.1, 0.15) is 5.60 Å². The highest BCUT2D eigenvalue weighted by molar-refractivity contribution is 5.82. The van der Waals surface area contributed by atoms with Crippen LogP contribution in [0.25, 0.3) is 0 Å². The Bertz CT molecular complexity index is 560. The molecule has 0 unspecified atom stereocenters. The van der Waals surface area contributed by atoms with Crippen LogP contribution in [0.1, 0.15) is 20.8 Å². The molecule has 0 aromatic carbocycles. The lowest BCUT2D eigenvalue weighted by Gasteiger charge is -2.27. The van der Waals surface area contributed by atoms with Crippen molar-refractivity contribution in [2.45, 2.75) is 38.7 Å². The molecule has 8 nitrogen and oxygen atoms in total. The third kappa shape index (κ3) is 12.8. The molecule has 170 valence electrons. The number of alkyl halides is 6.